The van der Waals surface area contributed by atoms with Gasteiger partial charge in [0.2, 0.25) is 0 Å². The van der Waals surface area contributed by atoms with Crippen LogP contribution in [0.5, 0.6) is 0 Å². The molecule has 0 saturated carbocycles. The van der Waals surface area contributed by atoms with Gasteiger partial charge >= 0.3 is 0 Å². The molecule has 0 aliphatic heterocycles. The zero-order valence-electron chi connectivity index (χ0n) is 10.9. The summed E-state index contributed by atoms with van der Waals surface area (Å²) in [6.45, 7) is 8.49. The summed E-state index contributed by atoms with van der Waals surface area (Å²) >= 11 is 3.89. The van der Waals surface area contributed by atoms with Gasteiger partial charge in [-0.3, -0.25) is 0 Å². The Kier molecular flexibility index (Phi) is 3.64. The molecule has 2 N–H and O–H groups in total. The average Bonchev–Trinajstić information content (AvgIpc) is 2.66. The molecule has 0 spiro atoms. The van der Waals surface area contributed by atoms with E-state index in [0.717, 1.165) is 20.7 Å². The van der Waals surface area contributed by atoms with Crippen LogP contribution in [0.2, 0.25) is 0 Å². The normalized spacial score (nSPS) is 11.8. The second-order valence-electron chi connectivity index (χ2n) is 5.31. The highest BCUT2D eigenvalue weighted by molar-refractivity contribution is 14.1. The number of rotatable bonds is 1. The fourth-order valence-corrected chi connectivity index (χ4v) is 3.55. The van der Waals surface area contributed by atoms with Crippen molar-refractivity contribution in [3.05, 3.63) is 25.6 Å². The van der Waals surface area contributed by atoms with Gasteiger partial charge in [-0.25, -0.2) is 9.97 Å². The number of aryl methyl sites for hydroxylation is 1. The minimum atomic E-state index is -0.0355. The van der Waals surface area contributed by atoms with Crippen LogP contribution in [0.4, 0.5) is 5.82 Å². The molecule has 0 fully saturated rings. The van der Waals surface area contributed by atoms with E-state index in [2.05, 4.69) is 66.0 Å². The molecule has 0 saturated heterocycles. The number of hydrogen-bond donors (Lipinski definition) is 1. The van der Waals surface area contributed by atoms with Crippen LogP contribution < -0.4 is 5.73 Å². The fraction of sp³-hybridized carbons (Fsp3) is 0.385. The first kappa shape index (κ1) is 13.7. The van der Waals surface area contributed by atoms with Gasteiger partial charge in [-0.15, -0.1) is 0 Å². The van der Waals surface area contributed by atoms with Crippen LogP contribution in [0.1, 0.15) is 32.0 Å². The third kappa shape index (κ3) is 2.51. The lowest BCUT2D eigenvalue weighted by molar-refractivity contribution is 0.564. The van der Waals surface area contributed by atoms with E-state index in [9.17, 15) is 0 Å². The first-order chi connectivity index (χ1) is 8.30. The van der Waals surface area contributed by atoms with Crippen LogP contribution in [0, 0.1) is 10.5 Å². The van der Waals surface area contributed by atoms with Crippen molar-refractivity contribution in [2.24, 2.45) is 0 Å². The lowest BCUT2D eigenvalue weighted by atomic mass is 9.92. The van der Waals surface area contributed by atoms with Crippen LogP contribution in [0.3, 0.4) is 0 Å². The Labute approximate surface area is 125 Å². The van der Waals surface area contributed by atoms with Crippen molar-refractivity contribution in [2.45, 2.75) is 33.1 Å². The van der Waals surface area contributed by atoms with E-state index in [1.54, 1.807) is 11.3 Å². The maximum atomic E-state index is 6.02. The predicted octanol–water partition coefficient (Wildman–Crippen LogP) is 4.00. The van der Waals surface area contributed by atoms with E-state index in [4.69, 9.17) is 10.7 Å². The quantitative estimate of drug-likeness (QED) is 0.769. The molecule has 0 radical (unpaired) electrons. The number of anilines is 1. The van der Waals surface area contributed by atoms with Crippen molar-refractivity contribution < 1.29 is 0 Å². The Bertz CT molecular complexity index is 584. The van der Waals surface area contributed by atoms with Crippen LogP contribution in [-0.4, -0.2) is 9.97 Å². The third-order valence-corrected chi connectivity index (χ3v) is 4.61. The summed E-state index contributed by atoms with van der Waals surface area (Å²) < 4.78 is 0.955. The summed E-state index contributed by atoms with van der Waals surface area (Å²) in [5, 5.41) is 4.17. The molecule has 0 aliphatic carbocycles. The Morgan fingerprint density at radius 3 is 2.39 bits per heavy atom. The number of halogens is 1. The lowest BCUT2D eigenvalue weighted by Gasteiger charge is -2.20. The maximum Gasteiger partial charge on any atom is 0.162 e. The standard InChI is InChI=1S/C13H16IN3S/c1-7-5-18-6-8(7)12-16-10(13(2,3)4)9(14)11(15)17-12/h5-6H,1-4H3,(H2,15,16,17). The fourth-order valence-electron chi connectivity index (χ4n) is 1.67. The first-order valence-electron chi connectivity index (χ1n) is 5.67. The van der Waals surface area contributed by atoms with Gasteiger partial charge < -0.3 is 5.73 Å². The molecule has 0 amide bonds. The van der Waals surface area contributed by atoms with E-state index in [-0.39, 0.29) is 5.41 Å². The second kappa shape index (κ2) is 4.77. The number of thiophene rings is 1. The van der Waals surface area contributed by atoms with E-state index >= 15 is 0 Å². The smallest absolute Gasteiger partial charge is 0.162 e. The molecule has 96 valence electrons. The third-order valence-electron chi connectivity index (χ3n) is 2.68. The molecule has 0 bridgehead atoms. The van der Waals surface area contributed by atoms with Crippen molar-refractivity contribution in [1.82, 2.24) is 9.97 Å². The Morgan fingerprint density at radius 2 is 1.89 bits per heavy atom. The monoisotopic (exact) mass is 373 g/mol. The molecular formula is C13H16IN3S. The van der Waals surface area contributed by atoms with Crippen molar-refractivity contribution in [3.63, 3.8) is 0 Å². The molecule has 0 aliphatic rings. The summed E-state index contributed by atoms with van der Waals surface area (Å²) in [4.78, 5) is 9.13. The summed E-state index contributed by atoms with van der Waals surface area (Å²) in [5.74, 6) is 1.30. The molecular weight excluding hydrogens is 357 g/mol. The topological polar surface area (TPSA) is 51.8 Å². The maximum absolute atomic E-state index is 6.02. The zero-order chi connectivity index (χ0) is 13.5. The Morgan fingerprint density at radius 1 is 1.22 bits per heavy atom. The SMILES string of the molecule is Cc1cscc1-c1nc(N)c(I)c(C(C)(C)C)n1. The van der Waals surface area contributed by atoms with Crippen molar-refractivity contribution >= 4 is 39.7 Å². The van der Waals surface area contributed by atoms with Gasteiger partial charge in [-0.1, -0.05) is 20.8 Å². The number of nitrogen functional groups attached to an aromatic ring is 1. The number of aromatic nitrogens is 2. The van der Waals surface area contributed by atoms with E-state index in [1.165, 1.54) is 5.56 Å². The molecule has 5 heteroatoms. The van der Waals surface area contributed by atoms with Crippen LogP contribution in [0.25, 0.3) is 11.4 Å². The highest BCUT2D eigenvalue weighted by Gasteiger charge is 2.23. The minimum absolute atomic E-state index is 0.0355. The van der Waals surface area contributed by atoms with E-state index in [0.29, 0.717) is 5.82 Å². The molecule has 2 aromatic rings. The average molecular weight is 373 g/mol. The molecule has 0 aromatic carbocycles. The van der Waals surface area contributed by atoms with E-state index in [1.807, 2.05) is 0 Å². The van der Waals surface area contributed by atoms with Gasteiger partial charge in [0.05, 0.1) is 9.26 Å². The summed E-state index contributed by atoms with van der Waals surface area (Å²) in [5.41, 5.74) is 9.27. The molecule has 2 heterocycles. The molecule has 2 rings (SSSR count). The highest BCUT2D eigenvalue weighted by Crippen LogP contribution is 2.32. The molecule has 18 heavy (non-hydrogen) atoms. The Balaban J connectivity index is 2.66. The van der Waals surface area contributed by atoms with Gasteiger partial charge in [-0.05, 0) is 40.5 Å². The van der Waals surface area contributed by atoms with E-state index < -0.39 is 0 Å². The Hall–Kier alpha value is -0.690. The molecule has 0 atom stereocenters. The van der Waals surface area contributed by atoms with Crippen molar-refractivity contribution in [1.29, 1.82) is 0 Å². The number of nitrogens with two attached hydrogens (primary N) is 1. The first-order valence-corrected chi connectivity index (χ1v) is 7.69. The second-order valence-corrected chi connectivity index (χ2v) is 7.14. The van der Waals surface area contributed by atoms with Crippen LogP contribution in [-0.2, 0) is 5.41 Å². The van der Waals surface area contributed by atoms with Crippen LogP contribution in [0.15, 0.2) is 10.8 Å². The molecule has 2 aromatic heterocycles. The summed E-state index contributed by atoms with van der Waals surface area (Å²) in [7, 11) is 0. The van der Waals surface area contributed by atoms with Crippen LogP contribution >= 0.6 is 33.9 Å². The number of nitrogens with zero attached hydrogens (tertiary/aromatic N) is 2. The van der Waals surface area contributed by atoms with Crippen molar-refractivity contribution in [3.8, 4) is 11.4 Å². The lowest BCUT2D eigenvalue weighted by Crippen LogP contribution is -2.18. The van der Waals surface area contributed by atoms with Gasteiger partial charge in [0.15, 0.2) is 5.82 Å². The van der Waals surface area contributed by atoms with Gasteiger partial charge in [0, 0.05) is 16.4 Å². The van der Waals surface area contributed by atoms with Gasteiger partial charge in [-0.2, -0.15) is 11.3 Å². The summed E-state index contributed by atoms with van der Waals surface area (Å²) in [6, 6.07) is 0. The van der Waals surface area contributed by atoms with Gasteiger partial charge in [0.1, 0.15) is 5.82 Å². The highest BCUT2D eigenvalue weighted by atomic mass is 127. The molecule has 3 nitrogen and oxygen atoms in total. The molecule has 0 unspecified atom stereocenters. The predicted molar refractivity (Wildman–Crippen MR) is 85.9 cm³/mol. The zero-order valence-corrected chi connectivity index (χ0v) is 13.9. The largest absolute Gasteiger partial charge is 0.383 e. The summed E-state index contributed by atoms with van der Waals surface area (Å²) in [6.07, 6.45) is 0. The number of hydrogen-bond acceptors (Lipinski definition) is 4. The van der Waals surface area contributed by atoms with Gasteiger partial charge in [0.25, 0.3) is 0 Å². The minimum Gasteiger partial charge on any atom is -0.383 e. The van der Waals surface area contributed by atoms with Crippen molar-refractivity contribution in [2.75, 3.05) is 5.73 Å².